The van der Waals surface area contributed by atoms with Crippen LogP contribution in [0.15, 0.2) is 29.1 Å². The highest BCUT2D eigenvalue weighted by molar-refractivity contribution is 5.48. The molecule has 30 heavy (non-hydrogen) atoms. The van der Waals surface area contributed by atoms with E-state index in [-0.39, 0.29) is 16.9 Å². The van der Waals surface area contributed by atoms with E-state index in [0.29, 0.717) is 12.0 Å². The Morgan fingerprint density at radius 3 is 2.47 bits per heavy atom. The van der Waals surface area contributed by atoms with Crippen LogP contribution in [0.5, 0.6) is 0 Å². The van der Waals surface area contributed by atoms with Crippen LogP contribution in [0.1, 0.15) is 63.4 Å². The molecule has 2 saturated heterocycles. The summed E-state index contributed by atoms with van der Waals surface area (Å²) >= 11 is 0. The van der Waals surface area contributed by atoms with Crippen molar-refractivity contribution in [3.63, 3.8) is 0 Å². The molecule has 162 valence electrons. The summed E-state index contributed by atoms with van der Waals surface area (Å²) in [5, 5.41) is 0. The van der Waals surface area contributed by atoms with Gasteiger partial charge < -0.3 is 9.64 Å². The molecule has 2 aromatic rings. The predicted molar refractivity (Wildman–Crippen MR) is 122 cm³/mol. The lowest BCUT2D eigenvalue weighted by Gasteiger charge is -2.42. The average molecular weight is 410 g/mol. The quantitative estimate of drug-likeness (QED) is 0.742. The number of aromatic nitrogens is 2. The monoisotopic (exact) mass is 409 g/mol. The van der Waals surface area contributed by atoms with Crippen LogP contribution in [0.3, 0.4) is 0 Å². The van der Waals surface area contributed by atoms with Crippen molar-refractivity contribution in [3.05, 3.63) is 51.6 Å². The lowest BCUT2D eigenvalue weighted by molar-refractivity contribution is 0.0969. The van der Waals surface area contributed by atoms with Gasteiger partial charge in [-0.15, -0.1) is 0 Å². The number of benzene rings is 1. The zero-order valence-corrected chi connectivity index (χ0v) is 19.2. The molecule has 0 radical (unpaired) electrons. The predicted octanol–water partition coefficient (Wildman–Crippen LogP) is 4.61. The van der Waals surface area contributed by atoms with Crippen molar-refractivity contribution >= 4 is 5.82 Å². The van der Waals surface area contributed by atoms with E-state index in [0.717, 1.165) is 55.4 Å². The molecule has 5 heteroatoms. The van der Waals surface area contributed by atoms with Gasteiger partial charge in [-0.2, -0.15) is 0 Å². The lowest BCUT2D eigenvalue weighted by atomic mass is 9.70. The molecule has 1 spiro atoms. The Morgan fingerprint density at radius 1 is 1.17 bits per heavy atom. The summed E-state index contributed by atoms with van der Waals surface area (Å²) in [5.74, 6) is 2.38. The second-order valence-electron chi connectivity index (χ2n) is 9.67. The van der Waals surface area contributed by atoms with Gasteiger partial charge >= 0.3 is 0 Å². The van der Waals surface area contributed by atoms with Crippen molar-refractivity contribution in [1.29, 1.82) is 0 Å². The van der Waals surface area contributed by atoms with E-state index in [1.807, 2.05) is 12.1 Å². The van der Waals surface area contributed by atoms with Gasteiger partial charge in [-0.05, 0) is 56.7 Å². The standard InChI is InChI=1S/C25H35N3O2/c1-16(2)24-26-22(14-23(29)28(24)21-9-7-8-17(3)18(21)4)27-12-10-25(11-13-27)15-30-20(6)19(25)5/h7-9,14,16,19-20H,10-13,15H2,1-6H3/t19-,20+/m1/s1. The zero-order valence-electron chi connectivity index (χ0n) is 19.2. The third-order valence-corrected chi connectivity index (χ3v) is 7.65. The van der Waals surface area contributed by atoms with Gasteiger partial charge in [0.05, 0.1) is 18.4 Å². The Labute approximate surface area is 180 Å². The first-order valence-electron chi connectivity index (χ1n) is 11.3. The maximum atomic E-state index is 13.3. The number of hydrogen-bond donors (Lipinski definition) is 0. The summed E-state index contributed by atoms with van der Waals surface area (Å²) in [4.78, 5) is 20.6. The second-order valence-corrected chi connectivity index (χ2v) is 9.67. The van der Waals surface area contributed by atoms with Gasteiger partial charge in [-0.25, -0.2) is 4.98 Å². The Balaban J connectivity index is 1.67. The first-order chi connectivity index (χ1) is 14.2. The molecule has 0 N–H and O–H groups in total. The largest absolute Gasteiger partial charge is 0.378 e. The lowest BCUT2D eigenvalue weighted by Crippen LogP contribution is -2.44. The Hall–Kier alpha value is -2.14. The van der Waals surface area contributed by atoms with Gasteiger partial charge in [0.2, 0.25) is 0 Å². The van der Waals surface area contributed by atoms with E-state index in [1.54, 1.807) is 10.6 Å². The summed E-state index contributed by atoms with van der Waals surface area (Å²) in [6.45, 7) is 15.6. The van der Waals surface area contributed by atoms with Gasteiger partial charge in [0, 0.05) is 30.5 Å². The van der Waals surface area contributed by atoms with Crippen molar-refractivity contribution in [3.8, 4) is 5.69 Å². The zero-order chi connectivity index (χ0) is 21.6. The third kappa shape index (κ3) is 3.47. The molecule has 5 nitrogen and oxygen atoms in total. The molecule has 2 atom stereocenters. The van der Waals surface area contributed by atoms with Crippen LogP contribution in [0, 0.1) is 25.2 Å². The van der Waals surface area contributed by atoms with Crippen molar-refractivity contribution < 1.29 is 4.74 Å². The number of anilines is 1. The number of hydrogen-bond acceptors (Lipinski definition) is 4. The normalized spacial score (nSPS) is 23.5. The van der Waals surface area contributed by atoms with Crippen LogP contribution in [-0.2, 0) is 4.74 Å². The van der Waals surface area contributed by atoms with E-state index in [9.17, 15) is 4.79 Å². The molecule has 0 unspecified atom stereocenters. The van der Waals surface area contributed by atoms with E-state index >= 15 is 0 Å². The van der Waals surface area contributed by atoms with Gasteiger partial charge in [0.25, 0.3) is 5.56 Å². The summed E-state index contributed by atoms with van der Waals surface area (Å²) in [6.07, 6.45) is 2.53. The fraction of sp³-hybridized carbons (Fsp3) is 0.600. The third-order valence-electron chi connectivity index (χ3n) is 7.65. The van der Waals surface area contributed by atoms with Gasteiger partial charge in [-0.3, -0.25) is 9.36 Å². The Bertz CT molecular complexity index is 986. The Morgan fingerprint density at radius 2 is 1.87 bits per heavy atom. The molecule has 4 rings (SSSR count). The molecule has 2 aliphatic heterocycles. The first kappa shape index (κ1) is 21.1. The molecule has 2 aliphatic rings. The van der Waals surface area contributed by atoms with Crippen molar-refractivity contribution in [2.75, 3.05) is 24.6 Å². The fourth-order valence-electron chi connectivity index (χ4n) is 5.11. The molecule has 3 heterocycles. The number of rotatable bonds is 3. The summed E-state index contributed by atoms with van der Waals surface area (Å²) in [5.41, 5.74) is 3.53. The van der Waals surface area contributed by atoms with Crippen molar-refractivity contribution in [1.82, 2.24) is 9.55 Å². The molecular formula is C25H35N3O2. The van der Waals surface area contributed by atoms with Crippen molar-refractivity contribution in [2.45, 2.75) is 66.4 Å². The smallest absolute Gasteiger partial charge is 0.260 e. The number of nitrogens with zero attached hydrogens (tertiary/aromatic N) is 3. The van der Waals surface area contributed by atoms with Crippen LogP contribution in [0.2, 0.25) is 0 Å². The average Bonchev–Trinajstić information content (AvgIpc) is 2.99. The number of ether oxygens (including phenoxy) is 1. The maximum absolute atomic E-state index is 13.3. The van der Waals surface area contributed by atoms with Crippen LogP contribution >= 0.6 is 0 Å². The molecule has 1 aromatic heterocycles. The van der Waals surface area contributed by atoms with Crippen LogP contribution in [-0.4, -0.2) is 35.4 Å². The number of aryl methyl sites for hydroxylation is 1. The van der Waals surface area contributed by atoms with Crippen molar-refractivity contribution in [2.24, 2.45) is 11.3 Å². The van der Waals surface area contributed by atoms with Crippen LogP contribution < -0.4 is 10.5 Å². The van der Waals surface area contributed by atoms with E-state index in [1.165, 1.54) is 5.56 Å². The molecule has 2 fully saturated rings. The second kappa shape index (κ2) is 7.84. The summed E-state index contributed by atoms with van der Waals surface area (Å²) in [6, 6.07) is 7.84. The topological polar surface area (TPSA) is 47.4 Å². The van der Waals surface area contributed by atoms with Gasteiger partial charge in [-0.1, -0.05) is 32.9 Å². The molecule has 0 amide bonds. The Kier molecular flexibility index (Phi) is 5.52. The highest BCUT2D eigenvalue weighted by atomic mass is 16.5. The van der Waals surface area contributed by atoms with E-state index < -0.39 is 0 Å². The molecule has 0 bridgehead atoms. The molecule has 1 aromatic carbocycles. The van der Waals surface area contributed by atoms with E-state index in [4.69, 9.17) is 9.72 Å². The fourth-order valence-corrected chi connectivity index (χ4v) is 5.11. The van der Waals surface area contributed by atoms with Gasteiger partial charge in [0.15, 0.2) is 0 Å². The minimum absolute atomic E-state index is 0.00359. The maximum Gasteiger partial charge on any atom is 0.260 e. The van der Waals surface area contributed by atoms with Crippen LogP contribution in [0.25, 0.3) is 5.69 Å². The minimum Gasteiger partial charge on any atom is -0.378 e. The van der Waals surface area contributed by atoms with E-state index in [2.05, 4.69) is 52.5 Å². The summed E-state index contributed by atoms with van der Waals surface area (Å²) in [7, 11) is 0. The summed E-state index contributed by atoms with van der Waals surface area (Å²) < 4.78 is 7.77. The molecule has 0 aliphatic carbocycles. The first-order valence-corrected chi connectivity index (χ1v) is 11.3. The molecular weight excluding hydrogens is 374 g/mol. The SMILES string of the molecule is Cc1cccc(-n2c(C(C)C)nc(N3CCC4(CC3)CO[C@@H](C)[C@H]4C)cc2=O)c1C. The number of piperidine rings is 1. The highest BCUT2D eigenvalue weighted by Crippen LogP contribution is 2.46. The highest BCUT2D eigenvalue weighted by Gasteiger charge is 2.47. The van der Waals surface area contributed by atoms with Gasteiger partial charge in [0.1, 0.15) is 11.6 Å². The minimum atomic E-state index is 0.00359. The van der Waals surface area contributed by atoms with Crippen LogP contribution in [0.4, 0.5) is 5.82 Å². The molecule has 0 saturated carbocycles.